The number of hydrogen-bond acceptors (Lipinski definition) is 2. The number of rotatable bonds is 3. The van der Waals surface area contributed by atoms with Crippen LogP contribution in [0.15, 0.2) is 60.7 Å². The molecular formula is C17H15NO. The highest BCUT2D eigenvalue weighted by Crippen LogP contribution is 2.21. The summed E-state index contributed by atoms with van der Waals surface area (Å²) in [6.45, 7) is -0.0212. The summed E-state index contributed by atoms with van der Waals surface area (Å²) in [5, 5.41) is 11.6. The Kier molecular flexibility index (Phi) is 3.25. The van der Waals surface area contributed by atoms with Crippen molar-refractivity contribution in [3.8, 4) is 0 Å². The molecule has 19 heavy (non-hydrogen) atoms. The van der Waals surface area contributed by atoms with Gasteiger partial charge < -0.3 is 5.11 Å². The maximum absolute atomic E-state index is 9.33. The number of aromatic nitrogens is 1. The second-order valence-corrected chi connectivity index (χ2v) is 4.60. The zero-order valence-corrected chi connectivity index (χ0v) is 10.6. The van der Waals surface area contributed by atoms with Gasteiger partial charge in [-0.1, -0.05) is 54.6 Å². The molecule has 0 amide bonds. The third-order valence-electron chi connectivity index (χ3n) is 3.25. The second-order valence-electron chi connectivity index (χ2n) is 4.60. The molecule has 1 heterocycles. The maximum Gasteiger partial charge on any atom is 0.0853 e. The highest BCUT2D eigenvalue weighted by Gasteiger charge is 2.06. The molecule has 3 rings (SSSR count). The van der Waals surface area contributed by atoms with Gasteiger partial charge in [0.05, 0.1) is 18.0 Å². The van der Waals surface area contributed by atoms with Crippen LogP contribution in [0.3, 0.4) is 0 Å². The van der Waals surface area contributed by atoms with Crippen molar-refractivity contribution in [3.63, 3.8) is 0 Å². The van der Waals surface area contributed by atoms with E-state index >= 15 is 0 Å². The minimum atomic E-state index is -0.0212. The molecule has 3 aromatic rings. The molecule has 0 fully saturated rings. The topological polar surface area (TPSA) is 33.1 Å². The molecule has 1 N–H and O–H groups in total. The molecule has 0 unspecified atom stereocenters. The number of aliphatic hydroxyl groups excluding tert-OH is 1. The van der Waals surface area contributed by atoms with Gasteiger partial charge in [0, 0.05) is 11.8 Å². The van der Waals surface area contributed by atoms with E-state index in [2.05, 4.69) is 29.2 Å². The van der Waals surface area contributed by atoms with Crippen LogP contribution in [0.2, 0.25) is 0 Å². The van der Waals surface area contributed by atoms with Gasteiger partial charge in [0.25, 0.3) is 0 Å². The van der Waals surface area contributed by atoms with Gasteiger partial charge in [0.15, 0.2) is 0 Å². The van der Waals surface area contributed by atoms with E-state index in [1.165, 1.54) is 5.56 Å². The summed E-state index contributed by atoms with van der Waals surface area (Å²) in [5.41, 5.74) is 2.98. The lowest BCUT2D eigenvalue weighted by atomic mass is 10.0. The molecule has 0 saturated carbocycles. The Morgan fingerprint density at radius 3 is 2.42 bits per heavy atom. The molecule has 0 spiro atoms. The van der Waals surface area contributed by atoms with Crippen molar-refractivity contribution in [1.29, 1.82) is 0 Å². The van der Waals surface area contributed by atoms with Crippen molar-refractivity contribution < 1.29 is 5.11 Å². The number of fused-ring (bicyclic) bond motifs is 1. The van der Waals surface area contributed by atoms with E-state index in [1.54, 1.807) is 0 Å². The molecule has 0 aliphatic carbocycles. The van der Waals surface area contributed by atoms with Crippen LogP contribution in [0.1, 0.15) is 17.0 Å². The molecule has 2 aromatic carbocycles. The normalized spacial score (nSPS) is 10.8. The van der Waals surface area contributed by atoms with Crippen LogP contribution < -0.4 is 0 Å². The second kappa shape index (κ2) is 5.21. The van der Waals surface area contributed by atoms with Crippen LogP contribution in [0.4, 0.5) is 0 Å². The summed E-state index contributed by atoms with van der Waals surface area (Å²) in [5.74, 6) is 0. The minimum absolute atomic E-state index is 0.0212. The van der Waals surface area contributed by atoms with Crippen molar-refractivity contribution in [2.75, 3.05) is 0 Å². The maximum atomic E-state index is 9.33. The van der Waals surface area contributed by atoms with Gasteiger partial charge in [-0.15, -0.1) is 0 Å². The van der Waals surface area contributed by atoms with Gasteiger partial charge in [-0.05, 0) is 17.0 Å². The molecule has 0 bridgehead atoms. The van der Waals surface area contributed by atoms with E-state index in [0.717, 1.165) is 28.6 Å². The summed E-state index contributed by atoms with van der Waals surface area (Å²) in [6, 6.07) is 20.4. The number of aliphatic hydroxyl groups is 1. The zero-order chi connectivity index (χ0) is 13.1. The molecule has 0 saturated heterocycles. The summed E-state index contributed by atoms with van der Waals surface area (Å²) < 4.78 is 0. The van der Waals surface area contributed by atoms with Gasteiger partial charge in [-0.2, -0.15) is 0 Å². The molecule has 0 aliphatic rings. The summed E-state index contributed by atoms with van der Waals surface area (Å²) in [7, 11) is 0. The first-order valence-corrected chi connectivity index (χ1v) is 6.39. The lowest BCUT2D eigenvalue weighted by molar-refractivity contribution is 0.277. The van der Waals surface area contributed by atoms with E-state index in [4.69, 9.17) is 0 Å². The summed E-state index contributed by atoms with van der Waals surface area (Å²) in [6.07, 6.45) is 0.787. The van der Waals surface area contributed by atoms with Crippen molar-refractivity contribution in [2.24, 2.45) is 0 Å². The highest BCUT2D eigenvalue weighted by molar-refractivity contribution is 5.85. The van der Waals surface area contributed by atoms with Crippen molar-refractivity contribution in [3.05, 3.63) is 77.6 Å². The van der Waals surface area contributed by atoms with Gasteiger partial charge in [-0.3, -0.25) is 4.98 Å². The molecular weight excluding hydrogens is 234 g/mol. The van der Waals surface area contributed by atoms with E-state index in [-0.39, 0.29) is 6.61 Å². The van der Waals surface area contributed by atoms with Gasteiger partial charge >= 0.3 is 0 Å². The average Bonchev–Trinajstić information content (AvgIpc) is 2.48. The van der Waals surface area contributed by atoms with Crippen LogP contribution >= 0.6 is 0 Å². The Morgan fingerprint density at radius 1 is 0.895 bits per heavy atom. The molecule has 0 aliphatic heterocycles. The molecule has 94 valence electrons. The predicted molar refractivity (Wildman–Crippen MR) is 76.9 cm³/mol. The van der Waals surface area contributed by atoms with Crippen molar-refractivity contribution in [2.45, 2.75) is 13.0 Å². The quantitative estimate of drug-likeness (QED) is 0.772. The van der Waals surface area contributed by atoms with Crippen LogP contribution in [0, 0.1) is 0 Å². The number of hydrogen-bond donors (Lipinski definition) is 1. The Balaban J connectivity index is 2.11. The van der Waals surface area contributed by atoms with Gasteiger partial charge in [0.2, 0.25) is 0 Å². The molecule has 2 heteroatoms. The predicted octanol–water partition coefficient (Wildman–Crippen LogP) is 3.32. The molecule has 1 aromatic heterocycles. The largest absolute Gasteiger partial charge is 0.390 e. The molecule has 0 atom stereocenters. The lowest BCUT2D eigenvalue weighted by Gasteiger charge is -2.08. The summed E-state index contributed by atoms with van der Waals surface area (Å²) in [4.78, 5) is 4.56. The number of pyridine rings is 1. The number of benzene rings is 2. The SMILES string of the molecule is OCc1cc2ccccc2c(Cc2ccccc2)n1. The van der Waals surface area contributed by atoms with E-state index in [1.807, 2.05) is 36.4 Å². The fraction of sp³-hybridized carbons (Fsp3) is 0.118. The summed E-state index contributed by atoms with van der Waals surface area (Å²) >= 11 is 0. The van der Waals surface area contributed by atoms with E-state index < -0.39 is 0 Å². The van der Waals surface area contributed by atoms with Crippen LogP contribution in [0.5, 0.6) is 0 Å². The van der Waals surface area contributed by atoms with Crippen molar-refractivity contribution in [1.82, 2.24) is 4.98 Å². The fourth-order valence-corrected chi connectivity index (χ4v) is 2.34. The average molecular weight is 249 g/mol. The highest BCUT2D eigenvalue weighted by atomic mass is 16.3. The third kappa shape index (κ3) is 2.49. The fourth-order valence-electron chi connectivity index (χ4n) is 2.34. The smallest absolute Gasteiger partial charge is 0.0853 e. The Bertz CT molecular complexity index is 692. The van der Waals surface area contributed by atoms with Crippen LogP contribution in [-0.4, -0.2) is 10.1 Å². The first kappa shape index (κ1) is 11.9. The molecule has 2 nitrogen and oxygen atoms in total. The Hall–Kier alpha value is -2.19. The third-order valence-corrected chi connectivity index (χ3v) is 3.25. The first-order valence-electron chi connectivity index (χ1n) is 6.39. The molecule has 0 radical (unpaired) electrons. The van der Waals surface area contributed by atoms with E-state index in [0.29, 0.717) is 0 Å². The number of nitrogens with zero attached hydrogens (tertiary/aromatic N) is 1. The van der Waals surface area contributed by atoms with E-state index in [9.17, 15) is 5.11 Å². The van der Waals surface area contributed by atoms with Gasteiger partial charge in [0.1, 0.15) is 0 Å². The van der Waals surface area contributed by atoms with Crippen LogP contribution in [0.25, 0.3) is 10.8 Å². The van der Waals surface area contributed by atoms with Crippen LogP contribution in [-0.2, 0) is 13.0 Å². The monoisotopic (exact) mass is 249 g/mol. The lowest BCUT2D eigenvalue weighted by Crippen LogP contribution is -1.98. The zero-order valence-electron chi connectivity index (χ0n) is 10.6. The standard InChI is InChI=1S/C17H15NO/c19-12-15-11-14-8-4-5-9-16(14)17(18-15)10-13-6-2-1-3-7-13/h1-9,11,19H,10,12H2. The Labute approximate surface area is 112 Å². The van der Waals surface area contributed by atoms with Gasteiger partial charge in [-0.25, -0.2) is 0 Å². The first-order chi connectivity index (χ1) is 9.36. The Morgan fingerprint density at radius 2 is 1.63 bits per heavy atom. The van der Waals surface area contributed by atoms with Crippen molar-refractivity contribution >= 4 is 10.8 Å². The minimum Gasteiger partial charge on any atom is -0.390 e.